The van der Waals surface area contributed by atoms with Gasteiger partial charge in [0, 0.05) is 19.1 Å². The lowest BCUT2D eigenvalue weighted by atomic mass is 10.0. The van der Waals surface area contributed by atoms with Crippen LogP contribution in [0, 0.1) is 5.92 Å². The second-order valence-electron chi connectivity index (χ2n) is 6.65. The second-order valence-corrected chi connectivity index (χ2v) is 6.65. The summed E-state index contributed by atoms with van der Waals surface area (Å²) in [6.45, 7) is 7.22. The van der Waals surface area contributed by atoms with E-state index in [1.54, 1.807) is 0 Å². The van der Waals surface area contributed by atoms with Gasteiger partial charge in [-0.25, -0.2) is 4.79 Å². The lowest BCUT2D eigenvalue weighted by Gasteiger charge is -2.23. The molecule has 0 saturated heterocycles. The Labute approximate surface area is 132 Å². The standard InChI is InChI=1S/C15H29N3O4/c1-15(2,3)22-14(20)18-9-11-5-4-6-12(11)17-7-8-21-10-13(16)19/h11-12,17H,4-10H2,1-3H3,(H2,16,19)(H,18,20). The topological polar surface area (TPSA) is 103 Å². The molecule has 0 aromatic rings. The zero-order valence-electron chi connectivity index (χ0n) is 13.8. The van der Waals surface area contributed by atoms with Crippen molar-refractivity contribution in [1.82, 2.24) is 10.6 Å². The fourth-order valence-electron chi connectivity index (χ4n) is 2.57. The van der Waals surface area contributed by atoms with Crippen LogP contribution in [0.5, 0.6) is 0 Å². The molecule has 1 rings (SSSR count). The minimum absolute atomic E-state index is 0.0457. The van der Waals surface area contributed by atoms with E-state index in [2.05, 4.69) is 10.6 Å². The quantitative estimate of drug-likeness (QED) is 0.574. The van der Waals surface area contributed by atoms with Crippen LogP contribution in [0.3, 0.4) is 0 Å². The molecular weight excluding hydrogens is 286 g/mol. The molecule has 7 nitrogen and oxygen atoms in total. The Morgan fingerprint density at radius 2 is 2.00 bits per heavy atom. The van der Waals surface area contributed by atoms with Crippen molar-refractivity contribution in [3.8, 4) is 0 Å². The van der Waals surface area contributed by atoms with Gasteiger partial charge >= 0.3 is 6.09 Å². The van der Waals surface area contributed by atoms with Gasteiger partial charge in [-0.2, -0.15) is 0 Å². The molecule has 0 aromatic carbocycles. The summed E-state index contributed by atoms with van der Waals surface area (Å²) in [7, 11) is 0. The number of amides is 2. The first-order chi connectivity index (χ1) is 10.3. The minimum atomic E-state index is -0.477. The van der Waals surface area contributed by atoms with Crippen molar-refractivity contribution < 1.29 is 19.1 Å². The summed E-state index contributed by atoms with van der Waals surface area (Å²) in [5.74, 6) is -0.0658. The van der Waals surface area contributed by atoms with Crippen molar-refractivity contribution >= 4 is 12.0 Å². The molecule has 1 saturated carbocycles. The Morgan fingerprint density at radius 3 is 2.64 bits per heavy atom. The van der Waals surface area contributed by atoms with Crippen LogP contribution in [0.15, 0.2) is 0 Å². The number of nitrogens with two attached hydrogens (primary N) is 1. The third kappa shape index (κ3) is 8.19. The van der Waals surface area contributed by atoms with Crippen LogP contribution in [-0.4, -0.2) is 49.9 Å². The van der Waals surface area contributed by atoms with Crippen LogP contribution in [0.1, 0.15) is 40.0 Å². The Morgan fingerprint density at radius 1 is 1.27 bits per heavy atom. The summed E-state index contributed by atoms with van der Waals surface area (Å²) < 4.78 is 10.4. The zero-order valence-corrected chi connectivity index (χ0v) is 13.8. The normalized spacial score (nSPS) is 21.6. The number of carbonyl (C=O) groups is 2. The Bertz CT molecular complexity index is 368. The van der Waals surface area contributed by atoms with Gasteiger partial charge < -0.3 is 25.8 Å². The smallest absolute Gasteiger partial charge is 0.407 e. The Hall–Kier alpha value is -1.34. The van der Waals surface area contributed by atoms with E-state index in [1.807, 2.05) is 20.8 Å². The maximum atomic E-state index is 11.7. The molecule has 128 valence electrons. The number of alkyl carbamates (subject to hydrolysis) is 1. The minimum Gasteiger partial charge on any atom is -0.444 e. The lowest BCUT2D eigenvalue weighted by molar-refractivity contribution is -0.122. The predicted octanol–water partition coefficient (Wildman–Crippen LogP) is 0.771. The van der Waals surface area contributed by atoms with Crippen LogP contribution in [0.4, 0.5) is 4.79 Å². The van der Waals surface area contributed by atoms with Gasteiger partial charge in [0.1, 0.15) is 12.2 Å². The average Bonchev–Trinajstić information content (AvgIpc) is 2.81. The molecule has 0 spiro atoms. The summed E-state index contributed by atoms with van der Waals surface area (Å²) in [6, 6.07) is 0.354. The van der Waals surface area contributed by atoms with E-state index in [1.165, 1.54) is 0 Å². The van der Waals surface area contributed by atoms with Crippen molar-refractivity contribution in [1.29, 1.82) is 0 Å². The van der Waals surface area contributed by atoms with Gasteiger partial charge in [-0.3, -0.25) is 4.79 Å². The van der Waals surface area contributed by atoms with Gasteiger partial charge in [0.25, 0.3) is 0 Å². The third-order valence-electron chi connectivity index (χ3n) is 3.46. The number of primary amides is 1. The highest BCUT2D eigenvalue weighted by atomic mass is 16.6. The average molecular weight is 315 g/mol. The molecule has 1 aliphatic carbocycles. The van der Waals surface area contributed by atoms with E-state index < -0.39 is 11.5 Å². The largest absolute Gasteiger partial charge is 0.444 e. The molecule has 2 amide bonds. The highest BCUT2D eigenvalue weighted by Gasteiger charge is 2.27. The molecule has 1 aliphatic rings. The van der Waals surface area contributed by atoms with Gasteiger partial charge in [-0.1, -0.05) is 6.42 Å². The van der Waals surface area contributed by atoms with Gasteiger partial charge in [-0.15, -0.1) is 0 Å². The van der Waals surface area contributed by atoms with Crippen LogP contribution in [0.25, 0.3) is 0 Å². The van der Waals surface area contributed by atoms with Gasteiger partial charge in [0.2, 0.25) is 5.91 Å². The number of carbonyl (C=O) groups excluding carboxylic acids is 2. The van der Waals surface area contributed by atoms with Crippen LogP contribution in [0.2, 0.25) is 0 Å². The number of rotatable bonds is 8. The predicted molar refractivity (Wildman–Crippen MR) is 83.4 cm³/mol. The van der Waals surface area contributed by atoms with Crippen molar-refractivity contribution in [3.63, 3.8) is 0 Å². The monoisotopic (exact) mass is 315 g/mol. The molecule has 0 aromatic heterocycles. The first-order valence-electron chi connectivity index (χ1n) is 7.84. The molecule has 1 fully saturated rings. The van der Waals surface area contributed by atoms with E-state index in [0.717, 1.165) is 19.3 Å². The van der Waals surface area contributed by atoms with Crippen molar-refractivity contribution in [3.05, 3.63) is 0 Å². The molecular formula is C15H29N3O4. The lowest BCUT2D eigenvalue weighted by Crippen LogP contribution is -2.42. The first kappa shape index (κ1) is 18.7. The number of nitrogens with one attached hydrogen (secondary N) is 2. The summed E-state index contributed by atoms with van der Waals surface area (Å²) in [6.07, 6.45) is 2.93. The van der Waals surface area contributed by atoms with Gasteiger partial charge in [-0.05, 0) is 39.5 Å². The van der Waals surface area contributed by atoms with Gasteiger partial charge in [0.15, 0.2) is 0 Å². The maximum absolute atomic E-state index is 11.7. The Balaban J connectivity index is 2.20. The maximum Gasteiger partial charge on any atom is 0.407 e. The first-order valence-corrected chi connectivity index (χ1v) is 7.84. The molecule has 2 atom stereocenters. The van der Waals surface area contributed by atoms with Gasteiger partial charge in [0.05, 0.1) is 6.61 Å². The summed E-state index contributed by atoms with van der Waals surface area (Å²) in [5.41, 5.74) is 4.52. The highest BCUT2D eigenvalue weighted by Crippen LogP contribution is 2.25. The van der Waals surface area contributed by atoms with E-state index in [4.69, 9.17) is 15.2 Å². The fraction of sp³-hybridized carbons (Fsp3) is 0.867. The molecule has 2 unspecified atom stereocenters. The van der Waals surface area contributed by atoms with Crippen LogP contribution in [-0.2, 0) is 14.3 Å². The highest BCUT2D eigenvalue weighted by molar-refractivity contribution is 5.74. The molecule has 7 heteroatoms. The molecule has 0 heterocycles. The van der Waals surface area contributed by atoms with Crippen molar-refractivity contribution in [2.24, 2.45) is 11.7 Å². The molecule has 0 aliphatic heterocycles. The SMILES string of the molecule is CC(C)(C)OC(=O)NCC1CCCC1NCCOCC(N)=O. The van der Waals surface area contributed by atoms with E-state index in [-0.39, 0.29) is 12.7 Å². The summed E-state index contributed by atoms with van der Waals surface area (Å²) in [4.78, 5) is 22.2. The van der Waals surface area contributed by atoms with E-state index >= 15 is 0 Å². The molecule has 4 N–H and O–H groups in total. The third-order valence-corrected chi connectivity index (χ3v) is 3.46. The van der Waals surface area contributed by atoms with E-state index in [0.29, 0.717) is 31.7 Å². The van der Waals surface area contributed by atoms with E-state index in [9.17, 15) is 9.59 Å². The number of hydrogen-bond donors (Lipinski definition) is 3. The second kappa shape index (κ2) is 8.95. The van der Waals surface area contributed by atoms with Crippen LogP contribution >= 0.6 is 0 Å². The van der Waals surface area contributed by atoms with Crippen LogP contribution < -0.4 is 16.4 Å². The summed E-state index contributed by atoms with van der Waals surface area (Å²) >= 11 is 0. The van der Waals surface area contributed by atoms with Crippen molar-refractivity contribution in [2.45, 2.75) is 51.7 Å². The zero-order chi connectivity index (χ0) is 16.6. The number of hydrogen-bond acceptors (Lipinski definition) is 5. The molecule has 22 heavy (non-hydrogen) atoms. The number of ether oxygens (including phenoxy) is 2. The van der Waals surface area contributed by atoms with Crippen molar-refractivity contribution in [2.75, 3.05) is 26.3 Å². The fourth-order valence-corrected chi connectivity index (χ4v) is 2.57. The molecule has 0 radical (unpaired) electrons. The Kier molecular flexibility index (Phi) is 7.61. The summed E-state index contributed by atoms with van der Waals surface area (Å²) in [5, 5.41) is 6.24. The molecule has 0 bridgehead atoms.